The first-order chi connectivity index (χ1) is 6.11. The molecular weight excluding hydrogens is 164 g/mol. The molecule has 0 fully saturated rings. The quantitative estimate of drug-likeness (QED) is 0.713. The standard InChI is InChI=1S/C10H20N2O/c1-5-12(6-2)10(13)11-8-7-9(3)4/h7-9H,5-6H2,1-4H3,(H,11,13)/b8-7+. The first kappa shape index (κ1) is 12.0. The number of carbonyl (C=O) groups excluding carboxylic acids is 1. The van der Waals surface area contributed by atoms with Crippen molar-refractivity contribution in [2.45, 2.75) is 27.7 Å². The number of carbonyl (C=O) groups is 1. The zero-order valence-electron chi connectivity index (χ0n) is 9.00. The lowest BCUT2D eigenvalue weighted by Crippen LogP contribution is -2.37. The van der Waals surface area contributed by atoms with Crippen LogP contribution in [0.4, 0.5) is 4.79 Å². The average molecular weight is 184 g/mol. The molecule has 3 nitrogen and oxygen atoms in total. The maximum absolute atomic E-state index is 11.4. The van der Waals surface area contributed by atoms with E-state index in [0.717, 1.165) is 13.1 Å². The van der Waals surface area contributed by atoms with Gasteiger partial charge in [-0.2, -0.15) is 0 Å². The van der Waals surface area contributed by atoms with Crippen molar-refractivity contribution in [1.82, 2.24) is 10.2 Å². The van der Waals surface area contributed by atoms with Crippen molar-refractivity contribution in [3.8, 4) is 0 Å². The molecule has 0 rings (SSSR count). The van der Waals surface area contributed by atoms with Crippen molar-refractivity contribution < 1.29 is 4.79 Å². The van der Waals surface area contributed by atoms with Gasteiger partial charge in [0.05, 0.1) is 0 Å². The van der Waals surface area contributed by atoms with E-state index >= 15 is 0 Å². The van der Waals surface area contributed by atoms with Crippen LogP contribution in [-0.2, 0) is 0 Å². The molecule has 0 aromatic heterocycles. The van der Waals surface area contributed by atoms with Gasteiger partial charge in [-0.1, -0.05) is 19.9 Å². The van der Waals surface area contributed by atoms with Crippen molar-refractivity contribution in [3.05, 3.63) is 12.3 Å². The first-order valence-corrected chi connectivity index (χ1v) is 4.83. The van der Waals surface area contributed by atoms with Crippen LogP contribution in [0.15, 0.2) is 12.3 Å². The SMILES string of the molecule is CCN(CC)C(=O)N/C=C/C(C)C. The molecule has 3 heteroatoms. The first-order valence-electron chi connectivity index (χ1n) is 4.83. The Bertz CT molecular complexity index is 172. The van der Waals surface area contributed by atoms with Crippen LogP contribution in [0.25, 0.3) is 0 Å². The van der Waals surface area contributed by atoms with Gasteiger partial charge in [0.1, 0.15) is 0 Å². The molecule has 76 valence electrons. The predicted molar refractivity (Wildman–Crippen MR) is 55.4 cm³/mol. The highest BCUT2D eigenvalue weighted by atomic mass is 16.2. The van der Waals surface area contributed by atoms with E-state index in [-0.39, 0.29) is 6.03 Å². The second kappa shape index (κ2) is 6.52. The van der Waals surface area contributed by atoms with Crippen LogP contribution in [0.1, 0.15) is 27.7 Å². The van der Waals surface area contributed by atoms with E-state index in [4.69, 9.17) is 0 Å². The Hall–Kier alpha value is -0.990. The minimum atomic E-state index is -0.0260. The van der Waals surface area contributed by atoms with Crippen molar-refractivity contribution in [1.29, 1.82) is 0 Å². The molecule has 13 heavy (non-hydrogen) atoms. The van der Waals surface area contributed by atoms with Crippen LogP contribution < -0.4 is 5.32 Å². The summed E-state index contributed by atoms with van der Waals surface area (Å²) in [4.78, 5) is 13.1. The van der Waals surface area contributed by atoms with Crippen LogP contribution in [0, 0.1) is 5.92 Å². The van der Waals surface area contributed by atoms with Crippen LogP contribution >= 0.6 is 0 Å². The third-order valence-corrected chi connectivity index (χ3v) is 1.74. The van der Waals surface area contributed by atoms with E-state index in [1.165, 1.54) is 0 Å². The molecule has 0 aliphatic heterocycles. The molecule has 0 atom stereocenters. The number of allylic oxidation sites excluding steroid dienone is 1. The highest BCUT2D eigenvalue weighted by Gasteiger charge is 2.05. The summed E-state index contributed by atoms with van der Waals surface area (Å²) in [5.41, 5.74) is 0. The monoisotopic (exact) mass is 184 g/mol. The fourth-order valence-corrected chi connectivity index (χ4v) is 0.914. The van der Waals surface area contributed by atoms with Crippen molar-refractivity contribution in [3.63, 3.8) is 0 Å². The van der Waals surface area contributed by atoms with E-state index in [2.05, 4.69) is 19.2 Å². The Morgan fingerprint density at radius 3 is 2.31 bits per heavy atom. The number of nitrogens with zero attached hydrogens (tertiary/aromatic N) is 1. The van der Waals surface area contributed by atoms with Crippen LogP contribution in [0.2, 0.25) is 0 Å². The summed E-state index contributed by atoms with van der Waals surface area (Å²) >= 11 is 0. The second-order valence-corrected chi connectivity index (χ2v) is 3.22. The molecule has 0 saturated heterocycles. The summed E-state index contributed by atoms with van der Waals surface area (Å²) in [5.74, 6) is 0.469. The molecule has 0 radical (unpaired) electrons. The number of nitrogens with one attached hydrogen (secondary N) is 1. The lowest BCUT2D eigenvalue weighted by molar-refractivity contribution is 0.207. The molecule has 2 amide bonds. The van der Waals surface area contributed by atoms with Crippen LogP contribution in [0.3, 0.4) is 0 Å². The Morgan fingerprint density at radius 2 is 1.92 bits per heavy atom. The molecule has 0 heterocycles. The summed E-state index contributed by atoms with van der Waals surface area (Å²) < 4.78 is 0. The average Bonchev–Trinajstić information content (AvgIpc) is 2.05. The topological polar surface area (TPSA) is 32.3 Å². The van der Waals surface area contributed by atoms with E-state index in [9.17, 15) is 4.79 Å². The highest BCUT2D eigenvalue weighted by Crippen LogP contribution is 1.92. The molecule has 0 aliphatic rings. The predicted octanol–water partition coefficient (Wildman–Crippen LogP) is 2.21. The Labute approximate surface area is 80.8 Å². The van der Waals surface area contributed by atoms with Gasteiger partial charge in [-0.25, -0.2) is 4.79 Å². The second-order valence-electron chi connectivity index (χ2n) is 3.22. The largest absolute Gasteiger partial charge is 0.325 e. The highest BCUT2D eigenvalue weighted by molar-refractivity contribution is 5.75. The molecule has 0 unspecified atom stereocenters. The van der Waals surface area contributed by atoms with Gasteiger partial charge in [0.25, 0.3) is 0 Å². The Morgan fingerprint density at radius 1 is 1.38 bits per heavy atom. The summed E-state index contributed by atoms with van der Waals surface area (Å²) in [7, 11) is 0. The van der Waals surface area contributed by atoms with Crippen molar-refractivity contribution in [2.75, 3.05) is 13.1 Å². The van der Waals surface area contributed by atoms with Gasteiger partial charge in [-0.15, -0.1) is 0 Å². The van der Waals surface area contributed by atoms with E-state index in [0.29, 0.717) is 5.92 Å². The lowest BCUT2D eigenvalue weighted by atomic mass is 10.2. The number of urea groups is 1. The Kier molecular flexibility index (Phi) is 6.02. The zero-order valence-corrected chi connectivity index (χ0v) is 9.00. The number of hydrogen-bond acceptors (Lipinski definition) is 1. The summed E-state index contributed by atoms with van der Waals surface area (Å²) in [5, 5.41) is 2.72. The molecule has 0 aliphatic carbocycles. The molecule has 0 aromatic carbocycles. The minimum Gasteiger partial charge on any atom is -0.325 e. The van der Waals surface area contributed by atoms with Gasteiger partial charge < -0.3 is 10.2 Å². The van der Waals surface area contributed by atoms with E-state index in [1.807, 2.05) is 19.9 Å². The smallest absolute Gasteiger partial charge is 0.321 e. The molecule has 1 N–H and O–H groups in total. The maximum atomic E-state index is 11.4. The van der Waals surface area contributed by atoms with Crippen LogP contribution in [0.5, 0.6) is 0 Å². The van der Waals surface area contributed by atoms with Gasteiger partial charge in [0, 0.05) is 19.3 Å². The molecule has 0 saturated carbocycles. The summed E-state index contributed by atoms with van der Waals surface area (Å²) in [6.07, 6.45) is 3.67. The molecular formula is C10H20N2O. The number of rotatable bonds is 4. The summed E-state index contributed by atoms with van der Waals surface area (Å²) in [6.45, 7) is 9.57. The third-order valence-electron chi connectivity index (χ3n) is 1.74. The minimum absolute atomic E-state index is 0.0260. The van der Waals surface area contributed by atoms with Gasteiger partial charge in [-0.3, -0.25) is 0 Å². The lowest BCUT2D eigenvalue weighted by Gasteiger charge is -2.17. The molecule has 0 spiro atoms. The fourth-order valence-electron chi connectivity index (χ4n) is 0.914. The third kappa shape index (κ3) is 5.28. The van der Waals surface area contributed by atoms with Crippen LogP contribution in [-0.4, -0.2) is 24.0 Å². The maximum Gasteiger partial charge on any atom is 0.321 e. The number of amides is 2. The van der Waals surface area contributed by atoms with E-state index < -0.39 is 0 Å². The Balaban J connectivity index is 3.85. The normalized spacial score (nSPS) is 10.8. The van der Waals surface area contributed by atoms with Gasteiger partial charge >= 0.3 is 6.03 Å². The molecule has 0 aromatic rings. The molecule has 0 bridgehead atoms. The fraction of sp³-hybridized carbons (Fsp3) is 0.700. The van der Waals surface area contributed by atoms with Crippen molar-refractivity contribution >= 4 is 6.03 Å². The zero-order chi connectivity index (χ0) is 10.3. The van der Waals surface area contributed by atoms with Gasteiger partial charge in [-0.05, 0) is 19.8 Å². The van der Waals surface area contributed by atoms with E-state index in [1.54, 1.807) is 11.1 Å². The number of hydrogen-bond donors (Lipinski definition) is 1. The van der Waals surface area contributed by atoms with Gasteiger partial charge in [0.15, 0.2) is 0 Å². The van der Waals surface area contributed by atoms with Crippen molar-refractivity contribution in [2.24, 2.45) is 5.92 Å². The van der Waals surface area contributed by atoms with Gasteiger partial charge in [0.2, 0.25) is 0 Å². The summed E-state index contributed by atoms with van der Waals surface area (Å²) in [6, 6.07) is -0.0260.